The normalized spacial score (nSPS) is 13.2. The van der Waals surface area contributed by atoms with Crippen LogP contribution in [-0.2, 0) is 24.2 Å². The molecule has 0 saturated heterocycles. The number of sulfone groups is 1. The van der Waals surface area contributed by atoms with Crippen molar-refractivity contribution in [3.63, 3.8) is 0 Å². The fraction of sp³-hybridized carbons (Fsp3) is 0.318. The van der Waals surface area contributed by atoms with Crippen LogP contribution in [0, 0.1) is 12.8 Å². The molecule has 0 fully saturated rings. The van der Waals surface area contributed by atoms with E-state index in [-0.39, 0.29) is 16.2 Å². The zero-order valence-electron chi connectivity index (χ0n) is 17.2. The third-order valence-electron chi connectivity index (χ3n) is 4.41. The van der Waals surface area contributed by atoms with E-state index in [9.17, 15) is 22.8 Å². The number of esters is 2. The number of ketones is 1. The molecule has 0 aliphatic rings. The number of ether oxygens (including phenoxy) is 2. The second-order valence-electron chi connectivity index (χ2n) is 7.00. The Kier molecular flexibility index (Phi) is 7.50. The standard InChI is InChI=1S/C22H24O7S/c1-14-8-10-20(11-9-14)30(26,27)13-21(15(2)28-16(3)23)22(25)18-6-5-7-19(12-18)29-17(4)24/h5-12,15,21H,13H2,1-4H3/t15-,21-/m1/s1. The van der Waals surface area contributed by atoms with Crippen molar-refractivity contribution in [2.24, 2.45) is 5.92 Å². The zero-order chi connectivity index (χ0) is 22.5. The Bertz CT molecular complexity index is 1040. The second-order valence-corrected chi connectivity index (χ2v) is 9.04. The highest BCUT2D eigenvalue weighted by molar-refractivity contribution is 7.91. The predicted octanol–water partition coefficient (Wildman–Crippen LogP) is 3.14. The van der Waals surface area contributed by atoms with Gasteiger partial charge in [-0.05, 0) is 38.1 Å². The van der Waals surface area contributed by atoms with Crippen LogP contribution < -0.4 is 4.74 Å². The molecule has 2 aromatic carbocycles. The number of hydrogen-bond donors (Lipinski definition) is 0. The van der Waals surface area contributed by atoms with Gasteiger partial charge in [-0.2, -0.15) is 0 Å². The maximum atomic E-state index is 13.2. The third kappa shape index (κ3) is 6.25. The number of carbonyl (C=O) groups is 3. The average Bonchev–Trinajstić information content (AvgIpc) is 2.65. The van der Waals surface area contributed by atoms with E-state index < -0.39 is 45.3 Å². The van der Waals surface area contributed by atoms with Crippen molar-refractivity contribution in [3.05, 3.63) is 59.7 Å². The molecule has 8 heteroatoms. The SMILES string of the molecule is CC(=O)Oc1cccc(C(=O)[C@H](CS(=O)(=O)c2ccc(C)cc2)[C@@H](C)OC(C)=O)c1. The van der Waals surface area contributed by atoms with Gasteiger partial charge in [-0.15, -0.1) is 0 Å². The minimum Gasteiger partial charge on any atom is -0.462 e. The molecule has 30 heavy (non-hydrogen) atoms. The van der Waals surface area contributed by atoms with E-state index in [0.717, 1.165) is 5.56 Å². The van der Waals surface area contributed by atoms with Gasteiger partial charge < -0.3 is 9.47 Å². The van der Waals surface area contributed by atoms with Crippen LogP contribution >= 0.6 is 0 Å². The summed E-state index contributed by atoms with van der Waals surface area (Å²) >= 11 is 0. The van der Waals surface area contributed by atoms with Crippen LogP contribution in [0.2, 0.25) is 0 Å². The first-order chi connectivity index (χ1) is 14.0. The second kappa shape index (κ2) is 9.67. The van der Waals surface area contributed by atoms with Crippen molar-refractivity contribution in [2.45, 2.75) is 38.7 Å². The van der Waals surface area contributed by atoms with E-state index in [1.807, 2.05) is 6.92 Å². The van der Waals surface area contributed by atoms with Crippen LogP contribution in [0.3, 0.4) is 0 Å². The summed E-state index contributed by atoms with van der Waals surface area (Å²) in [6.07, 6.45) is -0.979. The molecule has 2 rings (SSSR count). The molecule has 0 aromatic heterocycles. The maximum Gasteiger partial charge on any atom is 0.308 e. The molecular weight excluding hydrogens is 408 g/mol. The van der Waals surface area contributed by atoms with Gasteiger partial charge >= 0.3 is 11.9 Å². The molecule has 0 bridgehead atoms. The number of hydrogen-bond acceptors (Lipinski definition) is 7. The Labute approximate surface area is 175 Å². The van der Waals surface area contributed by atoms with Gasteiger partial charge in [-0.3, -0.25) is 14.4 Å². The van der Waals surface area contributed by atoms with Gasteiger partial charge in [0.1, 0.15) is 11.9 Å². The molecule has 7 nitrogen and oxygen atoms in total. The molecule has 0 aliphatic carbocycles. The van der Waals surface area contributed by atoms with E-state index in [4.69, 9.17) is 9.47 Å². The van der Waals surface area contributed by atoms with E-state index in [1.54, 1.807) is 12.1 Å². The van der Waals surface area contributed by atoms with E-state index in [1.165, 1.54) is 57.2 Å². The first-order valence-electron chi connectivity index (χ1n) is 9.29. The first kappa shape index (κ1) is 23.3. The van der Waals surface area contributed by atoms with Crippen LogP contribution in [0.5, 0.6) is 5.75 Å². The third-order valence-corrected chi connectivity index (χ3v) is 6.20. The number of Topliss-reactive ketones (excluding diaryl/α,β-unsaturated/α-hetero) is 1. The van der Waals surface area contributed by atoms with Crippen molar-refractivity contribution in [3.8, 4) is 5.75 Å². The van der Waals surface area contributed by atoms with E-state index in [2.05, 4.69) is 0 Å². The van der Waals surface area contributed by atoms with Crippen molar-refractivity contribution in [1.29, 1.82) is 0 Å². The van der Waals surface area contributed by atoms with Gasteiger partial charge in [0.15, 0.2) is 15.6 Å². The molecule has 0 N–H and O–H groups in total. The van der Waals surface area contributed by atoms with Crippen molar-refractivity contribution >= 4 is 27.6 Å². The molecule has 0 amide bonds. The molecule has 0 heterocycles. The highest BCUT2D eigenvalue weighted by Gasteiger charge is 2.34. The van der Waals surface area contributed by atoms with Crippen LogP contribution in [-0.4, -0.2) is 38.0 Å². The monoisotopic (exact) mass is 432 g/mol. The highest BCUT2D eigenvalue weighted by atomic mass is 32.2. The van der Waals surface area contributed by atoms with Gasteiger partial charge in [0.05, 0.1) is 16.6 Å². The Hall–Kier alpha value is -3.00. The lowest BCUT2D eigenvalue weighted by molar-refractivity contribution is -0.146. The summed E-state index contributed by atoms with van der Waals surface area (Å²) in [4.78, 5) is 35.9. The Morgan fingerprint density at radius 3 is 2.17 bits per heavy atom. The minimum absolute atomic E-state index is 0.0783. The summed E-state index contributed by atoms with van der Waals surface area (Å²) in [5.41, 5.74) is 1.05. The average molecular weight is 432 g/mol. The summed E-state index contributed by atoms with van der Waals surface area (Å²) in [6, 6.07) is 12.2. The lowest BCUT2D eigenvalue weighted by Gasteiger charge is -2.23. The van der Waals surface area contributed by atoms with Gasteiger partial charge in [-0.25, -0.2) is 8.42 Å². The van der Waals surface area contributed by atoms with Crippen molar-refractivity contribution in [1.82, 2.24) is 0 Å². The molecular formula is C22H24O7S. The van der Waals surface area contributed by atoms with Crippen molar-refractivity contribution < 1.29 is 32.3 Å². The lowest BCUT2D eigenvalue weighted by atomic mass is 9.94. The number of aryl methyl sites for hydroxylation is 1. The van der Waals surface area contributed by atoms with Gasteiger partial charge in [0.2, 0.25) is 0 Å². The van der Waals surface area contributed by atoms with Gasteiger partial charge in [-0.1, -0.05) is 29.8 Å². The van der Waals surface area contributed by atoms with Crippen molar-refractivity contribution in [2.75, 3.05) is 5.75 Å². The quantitative estimate of drug-likeness (QED) is 0.358. The van der Waals surface area contributed by atoms with Crippen LogP contribution in [0.15, 0.2) is 53.4 Å². The van der Waals surface area contributed by atoms with E-state index in [0.29, 0.717) is 0 Å². The Balaban J connectivity index is 2.39. The molecule has 160 valence electrons. The summed E-state index contributed by atoms with van der Waals surface area (Å²) in [5, 5.41) is 0. The molecule has 0 saturated carbocycles. The van der Waals surface area contributed by atoms with Crippen LogP contribution in [0.1, 0.15) is 36.7 Å². The van der Waals surface area contributed by atoms with E-state index >= 15 is 0 Å². The fourth-order valence-corrected chi connectivity index (χ4v) is 4.58. The molecule has 0 radical (unpaired) electrons. The number of carbonyl (C=O) groups excluding carboxylic acids is 3. The maximum absolute atomic E-state index is 13.2. The van der Waals surface area contributed by atoms with Gasteiger partial charge in [0.25, 0.3) is 0 Å². The molecule has 0 unspecified atom stereocenters. The molecule has 0 spiro atoms. The predicted molar refractivity (Wildman–Crippen MR) is 110 cm³/mol. The molecule has 2 aromatic rings. The van der Waals surface area contributed by atoms with Gasteiger partial charge in [0, 0.05) is 19.4 Å². The summed E-state index contributed by atoms with van der Waals surface area (Å²) in [7, 11) is -3.84. The first-order valence-corrected chi connectivity index (χ1v) is 10.9. The molecule has 0 aliphatic heterocycles. The van der Waals surface area contributed by atoms with Crippen LogP contribution in [0.25, 0.3) is 0 Å². The largest absolute Gasteiger partial charge is 0.462 e. The fourth-order valence-electron chi connectivity index (χ4n) is 2.94. The van der Waals surface area contributed by atoms with Crippen LogP contribution in [0.4, 0.5) is 0 Å². The minimum atomic E-state index is -3.84. The number of rotatable bonds is 8. The Morgan fingerprint density at radius 2 is 1.60 bits per heavy atom. The smallest absolute Gasteiger partial charge is 0.308 e. The zero-order valence-corrected chi connectivity index (χ0v) is 18.1. The molecule has 2 atom stereocenters. The Morgan fingerprint density at radius 1 is 0.967 bits per heavy atom. The topological polar surface area (TPSA) is 104 Å². The lowest BCUT2D eigenvalue weighted by Crippen LogP contribution is -2.35. The highest BCUT2D eigenvalue weighted by Crippen LogP contribution is 2.24. The summed E-state index contributed by atoms with van der Waals surface area (Å²) in [5.74, 6) is -3.23. The summed E-state index contributed by atoms with van der Waals surface area (Å²) in [6.45, 7) is 5.73. The summed E-state index contributed by atoms with van der Waals surface area (Å²) < 4.78 is 36.0. The number of benzene rings is 2.